The van der Waals surface area contributed by atoms with Gasteiger partial charge in [0.15, 0.2) is 0 Å². The lowest BCUT2D eigenvalue weighted by molar-refractivity contribution is 0.0891. The Morgan fingerprint density at radius 3 is 2.65 bits per heavy atom. The van der Waals surface area contributed by atoms with Gasteiger partial charge in [0.1, 0.15) is 5.54 Å². The number of nitrogens with zero attached hydrogens (tertiary/aromatic N) is 2. The molecule has 0 aromatic rings. The number of hydrogen-bond acceptors (Lipinski definition) is 3. The molecule has 112 valence electrons. The van der Waals surface area contributed by atoms with E-state index in [9.17, 15) is 5.26 Å². The van der Waals surface area contributed by atoms with Gasteiger partial charge in [-0.05, 0) is 63.8 Å². The Balaban J connectivity index is 1.69. The second kappa shape index (κ2) is 5.66. The highest BCUT2D eigenvalue weighted by Gasteiger charge is 2.44. The van der Waals surface area contributed by atoms with Gasteiger partial charge in [0, 0.05) is 18.1 Å². The predicted octanol–water partition coefficient (Wildman–Crippen LogP) is 3.06. The van der Waals surface area contributed by atoms with Crippen LogP contribution < -0.4 is 5.32 Å². The summed E-state index contributed by atoms with van der Waals surface area (Å²) in [7, 11) is 0. The van der Waals surface area contributed by atoms with Gasteiger partial charge in [0.2, 0.25) is 0 Å². The molecule has 3 atom stereocenters. The Bertz CT molecular complexity index is 382. The number of nitrogens with one attached hydrogen (secondary N) is 1. The summed E-state index contributed by atoms with van der Waals surface area (Å²) in [6.07, 6.45) is 9.83. The SMILES string of the molecule is CC(C)C1CCCN1C1CCCC(C#N)(NC2CC2)C1. The molecule has 20 heavy (non-hydrogen) atoms. The van der Waals surface area contributed by atoms with E-state index < -0.39 is 0 Å². The van der Waals surface area contributed by atoms with Crippen molar-refractivity contribution in [1.82, 2.24) is 10.2 Å². The average Bonchev–Trinajstić information content (AvgIpc) is 3.10. The van der Waals surface area contributed by atoms with E-state index in [1.165, 1.54) is 45.1 Å². The summed E-state index contributed by atoms with van der Waals surface area (Å²) in [6.45, 7) is 5.95. The van der Waals surface area contributed by atoms with Gasteiger partial charge in [-0.25, -0.2) is 0 Å². The van der Waals surface area contributed by atoms with E-state index in [-0.39, 0.29) is 5.54 Å². The van der Waals surface area contributed by atoms with Gasteiger partial charge in [-0.3, -0.25) is 10.2 Å². The molecule has 3 aliphatic rings. The first-order chi connectivity index (χ1) is 9.63. The van der Waals surface area contributed by atoms with E-state index in [1.54, 1.807) is 0 Å². The lowest BCUT2D eigenvalue weighted by Crippen LogP contribution is -2.54. The predicted molar refractivity (Wildman–Crippen MR) is 81.3 cm³/mol. The first-order valence-electron chi connectivity index (χ1n) is 8.58. The minimum Gasteiger partial charge on any atom is -0.297 e. The van der Waals surface area contributed by atoms with E-state index in [0.29, 0.717) is 12.1 Å². The molecule has 3 heteroatoms. The van der Waals surface area contributed by atoms with Crippen molar-refractivity contribution < 1.29 is 0 Å². The molecule has 2 saturated carbocycles. The third-order valence-electron chi connectivity index (χ3n) is 5.58. The summed E-state index contributed by atoms with van der Waals surface area (Å²) >= 11 is 0. The fourth-order valence-electron chi connectivity index (χ4n) is 4.40. The Kier molecular flexibility index (Phi) is 4.06. The van der Waals surface area contributed by atoms with Crippen molar-refractivity contribution >= 4 is 0 Å². The van der Waals surface area contributed by atoms with Crippen LogP contribution in [0.25, 0.3) is 0 Å². The molecule has 0 radical (unpaired) electrons. The van der Waals surface area contributed by atoms with Gasteiger partial charge in [-0.2, -0.15) is 5.26 Å². The van der Waals surface area contributed by atoms with Crippen molar-refractivity contribution in [1.29, 1.82) is 5.26 Å². The van der Waals surface area contributed by atoms with Crippen LogP contribution in [-0.2, 0) is 0 Å². The summed E-state index contributed by atoms with van der Waals surface area (Å²) in [5.41, 5.74) is -0.228. The van der Waals surface area contributed by atoms with E-state index in [4.69, 9.17) is 0 Å². The molecule has 0 spiro atoms. The normalized spacial score (nSPS) is 39.1. The molecule has 1 aliphatic heterocycles. The van der Waals surface area contributed by atoms with Gasteiger partial charge in [-0.15, -0.1) is 0 Å². The lowest BCUT2D eigenvalue weighted by Gasteiger charge is -2.43. The zero-order valence-corrected chi connectivity index (χ0v) is 13.1. The Morgan fingerprint density at radius 1 is 1.20 bits per heavy atom. The van der Waals surface area contributed by atoms with Gasteiger partial charge >= 0.3 is 0 Å². The van der Waals surface area contributed by atoms with Gasteiger partial charge in [-0.1, -0.05) is 13.8 Å². The third-order valence-corrected chi connectivity index (χ3v) is 5.58. The van der Waals surface area contributed by atoms with Gasteiger partial charge in [0.05, 0.1) is 6.07 Å². The first-order valence-corrected chi connectivity index (χ1v) is 8.58. The monoisotopic (exact) mass is 275 g/mol. The number of rotatable bonds is 4. The van der Waals surface area contributed by atoms with Crippen LogP contribution in [0, 0.1) is 17.2 Å². The maximum atomic E-state index is 9.72. The highest BCUT2D eigenvalue weighted by molar-refractivity contribution is 5.14. The molecule has 3 rings (SSSR count). The molecule has 0 aromatic heterocycles. The molecule has 3 fully saturated rings. The largest absolute Gasteiger partial charge is 0.297 e. The smallest absolute Gasteiger partial charge is 0.108 e. The van der Waals surface area contributed by atoms with Crippen LogP contribution in [0.15, 0.2) is 0 Å². The van der Waals surface area contributed by atoms with Crippen molar-refractivity contribution in [2.75, 3.05) is 6.54 Å². The van der Waals surface area contributed by atoms with Crippen molar-refractivity contribution in [2.24, 2.45) is 5.92 Å². The number of hydrogen-bond donors (Lipinski definition) is 1. The number of likely N-dealkylation sites (tertiary alicyclic amines) is 1. The van der Waals surface area contributed by atoms with Crippen LogP contribution in [0.2, 0.25) is 0 Å². The van der Waals surface area contributed by atoms with Crippen LogP contribution in [0.3, 0.4) is 0 Å². The van der Waals surface area contributed by atoms with E-state index in [1.807, 2.05) is 0 Å². The molecular weight excluding hydrogens is 246 g/mol. The van der Waals surface area contributed by atoms with Crippen molar-refractivity contribution in [3.63, 3.8) is 0 Å². The summed E-state index contributed by atoms with van der Waals surface area (Å²) < 4.78 is 0. The second-order valence-electron chi connectivity index (χ2n) is 7.55. The van der Waals surface area contributed by atoms with Gasteiger partial charge < -0.3 is 0 Å². The Labute approximate surface area is 123 Å². The minimum atomic E-state index is -0.228. The van der Waals surface area contributed by atoms with Gasteiger partial charge in [0.25, 0.3) is 0 Å². The van der Waals surface area contributed by atoms with Crippen LogP contribution in [-0.4, -0.2) is 35.1 Å². The van der Waals surface area contributed by atoms with E-state index in [2.05, 4.69) is 30.1 Å². The molecule has 3 unspecified atom stereocenters. The molecular formula is C17H29N3. The van der Waals surface area contributed by atoms with Crippen LogP contribution in [0.1, 0.15) is 65.2 Å². The Hall–Kier alpha value is -0.590. The third kappa shape index (κ3) is 2.87. The van der Waals surface area contributed by atoms with Crippen molar-refractivity contribution in [2.45, 2.75) is 88.9 Å². The summed E-state index contributed by atoms with van der Waals surface area (Å²) in [5, 5.41) is 13.4. The maximum Gasteiger partial charge on any atom is 0.108 e. The molecule has 1 N–H and O–H groups in total. The second-order valence-corrected chi connectivity index (χ2v) is 7.55. The van der Waals surface area contributed by atoms with Crippen molar-refractivity contribution in [3.05, 3.63) is 0 Å². The highest BCUT2D eigenvalue weighted by atomic mass is 15.2. The highest BCUT2D eigenvalue weighted by Crippen LogP contribution is 2.37. The summed E-state index contributed by atoms with van der Waals surface area (Å²) in [5.74, 6) is 0.743. The lowest BCUT2D eigenvalue weighted by atomic mass is 9.78. The molecule has 2 aliphatic carbocycles. The van der Waals surface area contributed by atoms with Crippen LogP contribution >= 0.6 is 0 Å². The quantitative estimate of drug-likeness (QED) is 0.857. The maximum absolute atomic E-state index is 9.72. The van der Waals surface area contributed by atoms with Crippen LogP contribution in [0.5, 0.6) is 0 Å². The topological polar surface area (TPSA) is 39.1 Å². The van der Waals surface area contributed by atoms with E-state index >= 15 is 0 Å². The zero-order chi connectivity index (χ0) is 14.2. The average molecular weight is 275 g/mol. The van der Waals surface area contributed by atoms with Crippen molar-refractivity contribution in [3.8, 4) is 6.07 Å². The standard InChI is InChI=1S/C17H29N3/c1-13(2)16-6-4-10-20(16)15-5-3-9-17(11-15,12-18)19-14-7-8-14/h13-16,19H,3-11H2,1-2H3. The van der Waals surface area contributed by atoms with Crippen LogP contribution in [0.4, 0.5) is 0 Å². The fraction of sp³-hybridized carbons (Fsp3) is 0.941. The molecule has 1 saturated heterocycles. The molecule has 0 amide bonds. The molecule has 0 aromatic carbocycles. The number of nitriles is 1. The molecule has 0 bridgehead atoms. The fourth-order valence-corrected chi connectivity index (χ4v) is 4.40. The Morgan fingerprint density at radius 2 is 2.00 bits per heavy atom. The molecule has 1 heterocycles. The minimum absolute atomic E-state index is 0.228. The zero-order valence-electron chi connectivity index (χ0n) is 13.1. The summed E-state index contributed by atoms with van der Waals surface area (Å²) in [4.78, 5) is 2.74. The van der Waals surface area contributed by atoms with E-state index in [0.717, 1.165) is 24.8 Å². The first kappa shape index (κ1) is 14.4. The summed E-state index contributed by atoms with van der Waals surface area (Å²) in [6, 6.07) is 4.66. The molecule has 3 nitrogen and oxygen atoms in total.